The largest absolute Gasteiger partial charge is 0.454 e. The number of fused-ring (bicyclic) bond motifs is 1. The van der Waals surface area contributed by atoms with Crippen molar-refractivity contribution in [1.82, 2.24) is 14.9 Å². The molecule has 1 N–H and O–H groups in total. The van der Waals surface area contributed by atoms with E-state index in [1.807, 2.05) is 25.4 Å². The second-order valence-corrected chi connectivity index (χ2v) is 5.54. The Morgan fingerprint density at radius 3 is 2.86 bits per heavy atom. The molecule has 0 unspecified atom stereocenters. The molecule has 0 aliphatic carbocycles. The first-order chi connectivity index (χ1) is 10.1. The maximum Gasteiger partial charge on any atom is 0.231 e. The summed E-state index contributed by atoms with van der Waals surface area (Å²) in [7, 11) is 0. The summed E-state index contributed by atoms with van der Waals surface area (Å²) in [6.07, 6.45) is 1.91. The number of imidazole rings is 1. The molecule has 0 spiro atoms. The van der Waals surface area contributed by atoms with Crippen molar-refractivity contribution in [2.24, 2.45) is 0 Å². The van der Waals surface area contributed by atoms with Crippen LogP contribution in [0.25, 0.3) is 0 Å². The van der Waals surface area contributed by atoms with Crippen LogP contribution in [0.2, 0.25) is 0 Å². The van der Waals surface area contributed by atoms with Crippen molar-refractivity contribution >= 4 is 0 Å². The van der Waals surface area contributed by atoms with Crippen LogP contribution in [-0.2, 0) is 13.1 Å². The Balaban J connectivity index is 1.56. The summed E-state index contributed by atoms with van der Waals surface area (Å²) in [5.41, 5.74) is 3.52. The third kappa shape index (κ3) is 3.03. The zero-order chi connectivity index (χ0) is 14.8. The first-order valence-electron chi connectivity index (χ1n) is 7.23. The number of hydrogen-bond donors (Lipinski definition) is 1. The van der Waals surface area contributed by atoms with Gasteiger partial charge in [-0.05, 0) is 38.5 Å². The highest BCUT2D eigenvalue weighted by atomic mass is 16.7. The smallest absolute Gasteiger partial charge is 0.231 e. The van der Waals surface area contributed by atoms with E-state index >= 15 is 0 Å². The first kappa shape index (κ1) is 13.9. The summed E-state index contributed by atoms with van der Waals surface area (Å²) in [4.78, 5) is 4.33. The molecule has 1 aromatic carbocycles. The number of ether oxygens (including phenoxy) is 2. The molecular weight excluding hydrogens is 266 g/mol. The van der Waals surface area contributed by atoms with Crippen molar-refractivity contribution in [3.63, 3.8) is 0 Å². The van der Waals surface area contributed by atoms with E-state index < -0.39 is 0 Å². The molecule has 3 rings (SSSR count). The molecule has 0 amide bonds. The Hall–Kier alpha value is -2.01. The molecule has 1 aromatic heterocycles. The molecule has 112 valence electrons. The average molecular weight is 287 g/mol. The minimum atomic E-state index is 0.321. The van der Waals surface area contributed by atoms with Crippen LogP contribution < -0.4 is 14.8 Å². The molecule has 1 atom stereocenters. The molecular formula is C16H21N3O2. The number of benzene rings is 1. The van der Waals surface area contributed by atoms with Crippen molar-refractivity contribution in [3.8, 4) is 11.5 Å². The minimum absolute atomic E-state index is 0.321. The van der Waals surface area contributed by atoms with Gasteiger partial charge in [0.15, 0.2) is 11.5 Å². The molecule has 2 aromatic rings. The molecule has 0 saturated heterocycles. The fraction of sp³-hybridized carbons (Fsp3) is 0.438. The monoisotopic (exact) mass is 287 g/mol. The molecule has 1 aliphatic heterocycles. The fourth-order valence-electron chi connectivity index (χ4n) is 2.43. The van der Waals surface area contributed by atoms with Crippen LogP contribution >= 0.6 is 0 Å². The van der Waals surface area contributed by atoms with Crippen LogP contribution in [-0.4, -0.2) is 22.4 Å². The van der Waals surface area contributed by atoms with Crippen molar-refractivity contribution < 1.29 is 9.47 Å². The molecule has 1 aliphatic rings. The van der Waals surface area contributed by atoms with Gasteiger partial charge in [-0.15, -0.1) is 0 Å². The van der Waals surface area contributed by atoms with Crippen LogP contribution in [0, 0.1) is 13.8 Å². The maximum absolute atomic E-state index is 5.40. The summed E-state index contributed by atoms with van der Waals surface area (Å²) in [5, 5.41) is 3.53. The summed E-state index contributed by atoms with van der Waals surface area (Å²) in [6, 6.07) is 6.43. The quantitative estimate of drug-likeness (QED) is 0.917. The van der Waals surface area contributed by atoms with Crippen LogP contribution in [0.5, 0.6) is 11.5 Å². The number of hydrogen-bond acceptors (Lipinski definition) is 4. The number of rotatable bonds is 5. The summed E-state index contributed by atoms with van der Waals surface area (Å²) in [5.74, 6) is 1.67. The zero-order valence-corrected chi connectivity index (χ0v) is 12.7. The highest BCUT2D eigenvalue weighted by molar-refractivity contribution is 5.44. The van der Waals surface area contributed by atoms with Gasteiger partial charge in [0.1, 0.15) is 0 Å². The Morgan fingerprint density at radius 2 is 2.10 bits per heavy atom. The molecule has 0 bridgehead atoms. The SMILES string of the molecule is Cc1ncn(C[C@H](C)NCc2ccc3c(c2)OCO3)c1C. The number of aryl methyl sites for hydroxylation is 1. The van der Waals surface area contributed by atoms with Gasteiger partial charge in [-0.2, -0.15) is 0 Å². The van der Waals surface area contributed by atoms with Gasteiger partial charge >= 0.3 is 0 Å². The van der Waals surface area contributed by atoms with Gasteiger partial charge in [0.05, 0.1) is 12.0 Å². The molecule has 5 nitrogen and oxygen atoms in total. The molecule has 0 saturated carbocycles. The van der Waals surface area contributed by atoms with Gasteiger partial charge in [0.25, 0.3) is 0 Å². The van der Waals surface area contributed by atoms with E-state index in [9.17, 15) is 0 Å². The van der Waals surface area contributed by atoms with Crippen LogP contribution in [0.1, 0.15) is 23.9 Å². The number of aromatic nitrogens is 2. The summed E-state index contributed by atoms with van der Waals surface area (Å²) >= 11 is 0. The zero-order valence-electron chi connectivity index (χ0n) is 12.7. The van der Waals surface area contributed by atoms with Gasteiger partial charge in [0.2, 0.25) is 6.79 Å². The Morgan fingerprint density at radius 1 is 1.29 bits per heavy atom. The lowest BCUT2D eigenvalue weighted by molar-refractivity contribution is 0.174. The van der Waals surface area contributed by atoms with E-state index in [-0.39, 0.29) is 0 Å². The fourth-order valence-corrected chi connectivity index (χ4v) is 2.43. The third-order valence-corrected chi connectivity index (χ3v) is 3.91. The molecule has 21 heavy (non-hydrogen) atoms. The van der Waals surface area contributed by atoms with Gasteiger partial charge in [-0.1, -0.05) is 6.07 Å². The van der Waals surface area contributed by atoms with Crippen molar-refractivity contribution in [3.05, 3.63) is 41.5 Å². The Labute approximate surface area is 124 Å². The predicted molar refractivity (Wildman–Crippen MR) is 80.6 cm³/mol. The molecule has 5 heteroatoms. The molecule has 2 heterocycles. The normalized spacial score (nSPS) is 14.4. The number of nitrogens with zero attached hydrogens (tertiary/aromatic N) is 2. The second-order valence-electron chi connectivity index (χ2n) is 5.54. The maximum atomic E-state index is 5.40. The van der Waals surface area contributed by atoms with Gasteiger partial charge in [0, 0.05) is 24.8 Å². The topological polar surface area (TPSA) is 48.3 Å². The first-order valence-corrected chi connectivity index (χ1v) is 7.23. The Kier molecular flexibility index (Phi) is 3.84. The van der Waals surface area contributed by atoms with Crippen molar-refractivity contribution in [2.75, 3.05) is 6.79 Å². The highest BCUT2D eigenvalue weighted by Gasteiger charge is 2.13. The van der Waals surface area contributed by atoms with Crippen LogP contribution in [0.3, 0.4) is 0 Å². The van der Waals surface area contributed by atoms with E-state index in [1.165, 1.54) is 11.3 Å². The second kappa shape index (κ2) is 5.77. The molecule has 0 fully saturated rings. The van der Waals surface area contributed by atoms with E-state index in [2.05, 4.69) is 34.8 Å². The van der Waals surface area contributed by atoms with Crippen molar-refractivity contribution in [2.45, 2.75) is 39.9 Å². The van der Waals surface area contributed by atoms with Crippen LogP contribution in [0.4, 0.5) is 0 Å². The molecule has 0 radical (unpaired) electrons. The van der Waals surface area contributed by atoms with Crippen molar-refractivity contribution in [1.29, 1.82) is 0 Å². The average Bonchev–Trinajstić information content (AvgIpc) is 3.06. The van der Waals surface area contributed by atoms with E-state index in [0.29, 0.717) is 12.8 Å². The van der Waals surface area contributed by atoms with Gasteiger partial charge < -0.3 is 19.4 Å². The lowest BCUT2D eigenvalue weighted by atomic mass is 10.2. The van der Waals surface area contributed by atoms with Crippen LogP contribution in [0.15, 0.2) is 24.5 Å². The lowest BCUT2D eigenvalue weighted by Gasteiger charge is -2.16. The standard InChI is InChI=1S/C16H21N3O2/c1-11(8-19-9-18-12(2)13(19)3)17-7-14-4-5-15-16(6-14)21-10-20-15/h4-6,9,11,17H,7-8,10H2,1-3H3/t11-/m0/s1. The van der Waals surface area contributed by atoms with Gasteiger partial charge in [-0.25, -0.2) is 4.98 Å². The lowest BCUT2D eigenvalue weighted by Crippen LogP contribution is -2.30. The Bertz CT molecular complexity index is 636. The van der Waals surface area contributed by atoms with E-state index in [4.69, 9.17) is 9.47 Å². The third-order valence-electron chi connectivity index (χ3n) is 3.91. The van der Waals surface area contributed by atoms with E-state index in [1.54, 1.807) is 0 Å². The summed E-state index contributed by atoms with van der Waals surface area (Å²) < 4.78 is 12.9. The predicted octanol–water partition coefficient (Wildman–Crippen LogP) is 2.41. The minimum Gasteiger partial charge on any atom is -0.454 e. The highest BCUT2D eigenvalue weighted by Crippen LogP contribution is 2.32. The van der Waals surface area contributed by atoms with Gasteiger partial charge in [-0.3, -0.25) is 0 Å². The summed E-state index contributed by atoms with van der Waals surface area (Å²) in [6.45, 7) is 8.37. The van der Waals surface area contributed by atoms with E-state index in [0.717, 1.165) is 30.3 Å². The number of nitrogens with one attached hydrogen (secondary N) is 1.